The highest BCUT2D eigenvalue weighted by atomic mass is 32.1. The van der Waals surface area contributed by atoms with Crippen LogP contribution in [0.3, 0.4) is 0 Å². The average Bonchev–Trinajstić information content (AvgIpc) is 2.83. The van der Waals surface area contributed by atoms with Gasteiger partial charge in [-0.3, -0.25) is 4.98 Å². The second-order valence-electron chi connectivity index (χ2n) is 3.11. The van der Waals surface area contributed by atoms with Crippen molar-refractivity contribution in [3.05, 3.63) is 35.1 Å². The lowest BCUT2D eigenvalue weighted by Gasteiger charge is -1.93. The number of pyridine rings is 1. The van der Waals surface area contributed by atoms with Gasteiger partial charge in [0.25, 0.3) is 0 Å². The van der Waals surface area contributed by atoms with E-state index in [9.17, 15) is 9.59 Å². The molecule has 78 valence electrons. The van der Waals surface area contributed by atoms with Gasteiger partial charge in [-0.25, -0.2) is 14.6 Å². The molecule has 1 aliphatic rings. The molecule has 0 bridgehead atoms. The Bertz CT molecular complexity index is 560. The number of esters is 2. The van der Waals surface area contributed by atoms with E-state index in [1.807, 2.05) is 0 Å². The van der Waals surface area contributed by atoms with Crippen LogP contribution in [0.4, 0.5) is 0 Å². The number of carbonyl (C=O) groups is 2. The Labute approximate surface area is 93.7 Å². The Kier molecular flexibility index (Phi) is 1.84. The van der Waals surface area contributed by atoms with Crippen LogP contribution in [0, 0.1) is 0 Å². The first-order chi connectivity index (χ1) is 7.75. The normalized spacial score (nSPS) is 13.8. The van der Waals surface area contributed by atoms with Crippen LogP contribution in [0.1, 0.15) is 20.2 Å². The number of ether oxygens (including phenoxy) is 1. The minimum absolute atomic E-state index is 0.113. The molecule has 3 heterocycles. The van der Waals surface area contributed by atoms with Crippen molar-refractivity contribution in [2.75, 3.05) is 0 Å². The van der Waals surface area contributed by atoms with Gasteiger partial charge in [-0.2, -0.15) is 0 Å². The van der Waals surface area contributed by atoms with Crippen LogP contribution in [0.15, 0.2) is 24.5 Å². The molecule has 0 spiro atoms. The number of rotatable bonds is 1. The molecule has 0 aliphatic carbocycles. The van der Waals surface area contributed by atoms with E-state index >= 15 is 0 Å². The van der Waals surface area contributed by atoms with Gasteiger partial charge < -0.3 is 4.74 Å². The molecule has 5 nitrogen and oxygen atoms in total. The maximum Gasteiger partial charge on any atom is 0.366 e. The Balaban J connectivity index is 2.14. The fraction of sp³-hybridized carbons (Fsp3) is 0. The molecule has 2 aromatic heterocycles. The van der Waals surface area contributed by atoms with E-state index in [0.29, 0.717) is 5.01 Å². The Morgan fingerprint density at radius 1 is 1.12 bits per heavy atom. The quantitative estimate of drug-likeness (QED) is 0.550. The third-order valence-electron chi connectivity index (χ3n) is 2.12. The van der Waals surface area contributed by atoms with Crippen LogP contribution in [0.2, 0.25) is 0 Å². The summed E-state index contributed by atoms with van der Waals surface area (Å²) in [6, 6.07) is 3.54. The van der Waals surface area contributed by atoms with Gasteiger partial charge in [0, 0.05) is 18.0 Å². The van der Waals surface area contributed by atoms with Crippen LogP contribution in [-0.2, 0) is 4.74 Å². The van der Waals surface area contributed by atoms with E-state index in [1.54, 1.807) is 24.5 Å². The van der Waals surface area contributed by atoms with Crippen LogP contribution in [0.5, 0.6) is 0 Å². The predicted molar refractivity (Wildman–Crippen MR) is 55.1 cm³/mol. The van der Waals surface area contributed by atoms with Gasteiger partial charge in [0.1, 0.15) is 9.88 Å². The van der Waals surface area contributed by atoms with E-state index in [-0.39, 0.29) is 10.6 Å². The lowest BCUT2D eigenvalue weighted by Crippen LogP contribution is -1.99. The van der Waals surface area contributed by atoms with Crippen molar-refractivity contribution in [2.24, 2.45) is 0 Å². The van der Waals surface area contributed by atoms with E-state index in [2.05, 4.69) is 14.7 Å². The number of fused-ring (bicyclic) bond motifs is 1. The summed E-state index contributed by atoms with van der Waals surface area (Å²) in [6.45, 7) is 0. The number of thiazole rings is 1. The van der Waals surface area contributed by atoms with E-state index < -0.39 is 11.9 Å². The third kappa shape index (κ3) is 1.24. The van der Waals surface area contributed by atoms with E-state index in [1.165, 1.54) is 0 Å². The topological polar surface area (TPSA) is 69.2 Å². The summed E-state index contributed by atoms with van der Waals surface area (Å²) >= 11 is 1.15. The zero-order chi connectivity index (χ0) is 11.1. The number of hydrogen-bond acceptors (Lipinski definition) is 6. The molecule has 1 aliphatic heterocycles. The average molecular weight is 232 g/mol. The smallest absolute Gasteiger partial charge is 0.366 e. The first kappa shape index (κ1) is 9.17. The number of hydrogen-bond donors (Lipinski definition) is 0. The zero-order valence-electron chi connectivity index (χ0n) is 7.84. The molecule has 0 atom stereocenters. The predicted octanol–water partition coefficient (Wildman–Crippen LogP) is 1.52. The van der Waals surface area contributed by atoms with Crippen molar-refractivity contribution in [3.63, 3.8) is 0 Å². The summed E-state index contributed by atoms with van der Waals surface area (Å²) in [5, 5.41) is 0.623. The van der Waals surface area contributed by atoms with Crippen molar-refractivity contribution in [1.29, 1.82) is 0 Å². The molecule has 6 heteroatoms. The molecule has 0 saturated carbocycles. The molecular formula is C10H4N2O3S. The van der Waals surface area contributed by atoms with Gasteiger partial charge in [-0.1, -0.05) is 0 Å². The van der Waals surface area contributed by atoms with Gasteiger partial charge >= 0.3 is 11.9 Å². The number of cyclic esters (lactones) is 2. The van der Waals surface area contributed by atoms with Gasteiger partial charge in [0.15, 0.2) is 5.69 Å². The summed E-state index contributed by atoms with van der Waals surface area (Å²) in [7, 11) is 0. The lowest BCUT2D eigenvalue weighted by atomic mass is 10.3. The SMILES string of the molecule is O=C1OC(=O)c2sc(-c3ccncc3)nc21. The van der Waals surface area contributed by atoms with Crippen molar-refractivity contribution in [2.45, 2.75) is 0 Å². The van der Waals surface area contributed by atoms with Crippen LogP contribution in [-0.4, -0.2) is 21.9 Å². The van der Waals surface area contributed by atoms with Crippen LogP contribution >= 0.6 is 11.3 Å². The molecule has 16 heavy (non-hydrogen) atoms. The maximum atomic E-state index is 11.2. The molecule has 0 aromatic carbocycles. The number of carbonyl (C=O) groups excluding carboxylic acids is 2. The monoisotopic (exact) mass is 232 g/mol. The second kappa shape index (κ2) is 3.21. The van der Waals surface area contributed by atoms with Crippen molar-refractivity contribution < 1.29 is 14.3 Å². The standard InChI is InChI=1S/C10H4N2O3S/c13-9-6-7(10(14)15-9)16-8(12-6)5-1-3-11-4-2-5/h1-4H. The minimum atomic E-state index is -0.670. The number of nitrogens with zero attached hydrogens (tertiary/aromatic N) is 2. The first-order valence-corrected chi connectivity index (χ1v) is 5.25. The van der Waals surface area contributed by atoms with E-state index in [4.69, 9.17) is 0 Å². The van der Waals surface area contributed by atoms with Crippen molar-refractivity contribution in [3.8, 4) is 10.6 Å². The molecule has 3 rings (SSSR count). The molecule has 0 N–H and O–H groups in total. The highest BCUT2D eigenvalue weighted by molar-refractivity contribution is 7.17. The molecule has 0 amide bonds. The Morgan fingerprint density at radius 2 is 1.88 bits per heavy atom. The molecule has 0 radical (unpaired) electrons. The Morgan fingerprint density at radius 3 is 2.56 bits per heavy atom. The number of aromatic nitrogens is 2. The van der Waals surface area contributed by atoms with Crippen molar-refractivity contribution >= 4 is 23.3 Å². The molecule has 2 aromatic rings. The van der Waals surface area contributed by atoms with E-state index in [0.717, 1.165) is 16.9 Å². The Hall–Kier alpha value is -2.08. The largest absolute Gasteiger partial charge is 0.384 e. The third-order valence-corrected chi connectivity index (χ3v) is 3.20. The zero-order valence-corrected chi connectivity index (χ0v) is 8.65. The van der Waals surface area contributed by atoms with Crippen LogP contribution in [0.25, 0.3) is 10.6 Å². The minimum Gasteiger partial charge on any atom is -0.384 e. The van der Waals surface area contributed by atoms with Gasteiger partial charge in [-0.05, 0) is 12.1 Å². The maximum absolute atomic E-state index is 11.2. The highest BCUT2D eigenvalue weighted by Gasteiger charge is 2.34. The molecule has 0 fully saturated rings. The summed E-state index contributed by atoms with van der Waals surface area (Å²) in [6.07, 6.45) is 3.25. The highest BCUT2D eigenvalue weighted by Crippen LogP contribution is 2.31. The van der Waals surface area contributed by atoms with Gasteiger partial charge in [0.05, 0.1) is 0 Å². The van der Waals surface area contributed by atoms with Crippen LogP contribution < -0.4 is 0 Å². The summed E-state index contributed by atoms with van der Waals surface area (Å²) in [5.74, 6) is -1.28. The summed E-state index contributed by atoms with van der Waals surface area (Å²) in [5.41, 5.74) is 0.941. The van der Waals surface area contributed by atoms with Crippen molar-refractivity contribution in [1.82, 2.24) is 9.97 Å². The second-order valence-corrected chi connectivity index (χ2v) is 4.11. The van der Waals surface area contributed by atoms with Gasteiger partial charge in [0.2, 0.25) is 0 Å². The van der Waals surface area contributed by atoms with Gasteiger partial charge in [-0.15, -0.1) is 11.3 Å². The summed E-state index contributed by atoms with van der Waals surface area (Å²) < 4.78 is 4.42. The lowest BCUT2D eigenvalue weighted by molar-refractivity contribution is 0.0443. The first-order valence-electron chi connectivity index (χ1n) is 4.43. The molecule has 0 unspecified atom stereocenters. The molecule has 0 saturated heterocycles. The summed E-state index contributed by atoms with van der Waals surface area (Å²) in [4.78, 5) is 30.7. The fourth-order valence-corrected chi connectivity index (χ4v) is 2.33. The molecular weight excluding hydrogens is 228 g/mol. The fourth-order valence-electron chi connectivity index (χ4n) is 1.39.